The van der Waals surface area contributed by atoms with Crippen molar-refractivity contribution in [2.75, 3.05) is 7.11 Å². The monoisotopic (exact) mass is 294 g/mol. The molecular weight excluding hydrogens is 280 g/mol. The molecular formula is C18H14O4. The van der Waals surface area contributed by atoms with Crippen LogP contribution in [0.4, 0.5) is 0 Å². The minimum atomic E-state index is 0.0992. The van der Waals surface area contributed by atoms with E-state index in [1.54, 1.807) is 19.3 Å². The summed E-state index contributed by atoms with van der Waals surface area (Å²) in [5, 5.41) is 10.1. The van der Waals surface area contributed by atoms with Crippen LogP contribution in [0, 0.1) is 0 Å². The molecule has 0 aliphatic rings. The van der Waals surface area contributed by atoms with Crippen molar-refractivity contribution < 1.29 is 19.1 Å². The number of phenols is 1. The van der Waals surface area contributed by atoms with E-state index in [-0.39, 0.29) is 5.75 Å². The Labute approximate surface area is 127 Å². The van der Waals surface area contributed by atoms with Crippen LogP contribution in [0.15, 0.2) is 46.9 Å². The Balaban J connectivity index is 1.98. The van der Waals surface area contributed by atoms with E-state index in [4.69, 9.17) is 9.15 Å². The first-order chi connectivity index (χ1) is 10.7. The first-order valence-corrected chi connectivity index (χ1v) is 6.74. The highest BCUT2D eigenvalue weighted by atomic mass is 16.5. The molecule has 0 aliphatic heterocycles. The third kappa shape index (κ3) is 2.59. The molecule has 0 unspecified atom stereocenters. The van der Waals surface area contributed by atoms with Crippen molar-refractivity contribution >= 4 is 29.4 Å². The number of hydrogen-bond acceptors (Lipinski definition) is 4. The van der Waals surface area contributed by atoms with Gasteiger partial charge in [-0.05, 0) is 42.0 Å². The Hall–Kier alpha value is -3.01. The van der Waals surface area contributed by atoms with Gasteiger partial charge in [0.25, 0.3) is 0 Å². The molecule has 0 amide bonds. The lowest BCUT2D eigenvalue weighted by molar-refractivity contribution is 0.112. The van der Waals surface area contributed by atoms with E-state index in [2.05, 4.69) is 0 Å². The van der Waals surface area contributed by atoms with Gasteiger partial charge in [-0.25, -0.2) is 0 Å². The van der Waals surface area contributed by atoms with Gasteiger partial charge in [-0.1, -0.05) is 18.2 Å². The van der Waals surface area contributed by atoms with E-state index in [0.717, 1.165) is 17.6 Å². The van der Waals surface area contributed by atoms with Crippen molar-refractivity contribution in [3.63, 3.8) is 0 Å². The van der Waals surface area contributed by atoms with Gasteiger partial charge in [0.1, 0.15) is 22.8 Å². The molecule has 22 heavy (non-hydrogen) atoms. The zero-order chi connectivity index (χ0) is 15.5. The number of aromatic hydroxyl groups is 1. The summed E-state index contributed by atoms with van der Waals surface area (Å²) < 4.78 is 10.8. The third-order valence-corrected chi connectivity index (χ3v) is 3.40. The number of phenolic OH excluding ortho intramolecular Hbond substituents is 1. The fourth-order valence-electron chi connectivity index (χ4n) is 2.26. The van der Waals surface area contributed by atoms with Crippen LogP contribution in [0.5, 0.6) is 11.5 Å². The number of methoxy groups -OCH3 is 1. The topological polar surface area (TPSA) is 59.7 Å². The highest BCUT2D eigenvalue weighted by molar-refractivity contribution is 6.00. The normalized spacial score (nSPS) is 11.1. The van der Waals surface area contributed by atoms with Crippen LogP contribution in [0.3, 0.4) is 0 Å². The molecule has 1 aromatic heterocycles. The molecule has 0 bridgehead atoms. The minimum absolute atomic E-state index is 0.0992. The summed E-state index contributed by atoms with van der Waals surface area (Å²) in [7, 11) is 1.62. The molecule has 0 spiro atoms. The maximum Gasteiger partial charge on any atom is 0.154 e. The van der Waals surface area contributed by atoms with Gasteiger partial charge in [0.15, 0.2) is 6.29 Å². The van der Waals surface area contributed by atoms with Gasteiger partial charge >= 0.3 is 0 Å². The second kappa shape index (κ2) is 5.77. The fraction of sp³-hybridized carbons (Fsp3) is 0.0556. The second-order valence-corrected chi connectivity index (χ2v) is 4.78. The van der Waals surface area contributed by atoms with E-state index >= 15 is 0 Å². The largest absolute Gasteiger partial charge is 0.508 e. The van der Waals surface area contributed by atoms with Gasteiger partial charge in [0.05, 0.1) is 12.7 Å². The zero-order valence-electron chi connectivity index (χ0n) is 11.9. The van der Waals surface area contributed by atoms with Gasteiger partial charge in [0, 0.05) is 5.39 Å². The Kier molecular flexibility index (Phi) is 3.66. The molecule has 0 fully saturated rings. The number of fused-ring (bicyclic) bond motifs is 1. The smallest absolute Gasteiger partial charge is 0.154 e. The quantitative estimate of drug-likeness (QED) is 0.735. The SMILES string of the molecule is COc1ccc(/C=C/c2oc3ccc(O)cc3c2C=O)cc1. The molecule has 2 aromatic carbocycles. The summed E-state index contributed by atoms with van der Waals surface area (Å²) in [6, 6.07) is 12.2. The highest BCUT2D eigenvalue weighted by Crippen LogP contribution is 2.29. The molecule has 0 saturated carbocycles. The predicted octanol–water partition coefficient (Wildman–Crippen LogP) is 4.13. The van der Waals surface area contributed by atoms with Crippen molar-refractivity contribution in [2.45, 2.75) is 0 Å². The number of carbonyl (C=O) groups excluding carboxylic acids is 1. The van der Waals surface area contributed by atoms with Gasteiger partial charge in [0.2, 0.25) is 0 Å². The summed E-state index contributed by atoms with van der Waals surface area (Å²) in [5.74, 6) is 1.35. The first kappa shape index (κ1) is 13.9. The lowest BCUT2D eigenvalue weighted by atomic mass is 10.1. The standard InChI is InChI=1S/C18H14O4/c1-21-14-6-2-12(3-7-14)4-8-18-16(11-19)15-10-13(20)5-9-17(15)22-18/h2-11,20H,1H3/b8-4+. The van der Waals surface area contributed by atoms with Crippen LogP contribution in [0.25, 0.3) is 23.1 Å². The molecule has 0 atom stereocenters. The van der Waals surface area contributed by atoms with Crippen molar-refractivity contribution in [3.05, 3.63) is 59.4 Å². The van der Waals surface area contributed by atoms with Gasteiger partial charge < -0.3 is 14.3 Å². The lowest BCUT2D eigenvalue weighted by Crippen LogP contribution is -1.82. The number of rotatable bonds is 4. The molecule has 0 aliphatic carbocycles. The summed E-state index contributed by atoms with van der Waals surface area (Å²) >= 11 is 0. The van der Waals surface area contributed by atoms with E-state index in [9.17, 15) is 9.90 Å². The molecule has 4 nitrogen and oxygen atoms in total. The van der Waals surface area contributed by atoms with Crippen molar-refractivity contribution in [1.29, 1.82) is 0 Å². The lowest BCUT2D eigenvalue weighted by Gasteiger charge is -1.98. The maximum atomic E-state index is 11.3. The van der Waals surface area contributed by atoms with Crippen LogP contribution >= 0.6 is 0 Å². The molecule has 1 N–H and O–H groups in total. The summed E-state index contributed by atoms with van der Waals surface area (Å²) in [4.78, 5) is 11.3. The molecule has 1 heterocycles. The predicted molar refractivity (Wildman–Crippen MR) is 85.2 cm³/mol. The van der Waals surface area contributed by atoms with E-state index in [1.807, 2.05) is 30.3 Å². The molecule has 0 saturated heterocycles. The van der Waals surface area contributed by atoms with Crippen LogP contribution in [-0.2, 0) is 0 Å². The Bertz CT molecular complexity index is 841. The molecule has 3 rings (SSSR count). The van der Waals surface area contributed by atoms with Crippen molar-refractivity contribution in [2.24, 2.45) is 0 Å². The fourth-order valence-corrected chi connectivity index (χ4v) is 2.26. The molecule has 3 aromatic rings. The Morgan fingerprint density at radius 1 is 1.09 bits per heavy atom. The molecule has 0 radical (unpaired) electrons. The zero-order valence-corrected chi connectivity index (χ0v) is 11.9. The van der Waals surface area contributed by atoms with Crippen molar-refractivity contribution in [3.8, 4) is 11.5 Å². The Morgan fingerprint density at radius 2 is 1.86 bits per heavy atom. The van der Waals surface area contributed by atoms with E-state index < -0.39 is 0 Å². The van der Waals surface area contributed by atoms with Crippen molar-refractivity contribution in [1.82, 2.24) is 0 Å². The Morgan fingerprint density at radius 3 is 2.55 bits per heavy atom. The molecule has 4 heteroatoms. The van der Waals surface area contributed by atoms with Gasteiger partial charge in [-0.15, -0.1) is 0 Å². The summed E-state index contributed by atoms with van der Waals surface area (Å²) in [6.07, 6.45) is 4.32. The van der Waals surface area contributed by atoms with Crippen LogP contribution in [-0.4, -0.2) is 18.5 Å². The number of carbonyl (C=O) groups is 1. The van der Waals surface area contributed by atoms with Crippen LogP contribution in [0.1, 0.15) is 21.7 Å². The number of benzene rings is 2. The number of hydrogen-bond donors (Lipinski definition) is 1. The average Bonchev–Trinajstić information content (AvgIpc) is 2.90. The maximum absolute atomic E-state index is 11.3. The summed E-state index contributed by atoms with van der Waals surface area (Å²) in [6.45, 7) is 0. The van der Waals surface area contributed by atoms with E-state index in [1.165, 1.54) is 12.1 Å². The number of furan rings is 1. The minimum Gasteiger partial charge on any atom is -0.508 e. The molecule has 110 valence electrons. The second-order valence-electron chi connectivity index (χ2n) is 4.78. The number of aldehydes is 1. The highest BCUT2D eigenvalue weighted by Gasteiger charge is 2.11. The first-order valence-electron chi connectivity index (χ1n) is 6.74. The third-order valence-electron chi connectivity index (χ3n) is 3.40. The average molecular weight is 294 g/mol. The van der Waals surface area contributed by atoms with Crippen LogP contribution in [0.2, 0.25) is 0 Å². The van der Waals surface area contributed by atoms with Crippen LogP contribution < -0.4 is 4.74 Å². The number of ether oxygens (including phenoxy) is 1. The van der Waals surface area contributed by atoms with Gasteiger partial charge in [-0.3, -0.25) is 4.79 Å². The van der Waals surface area contributed by atoms with E-state index in [0.29, 0.717) is 22.3 Å². The summed E-state index contributed by atoms with van der Waals surface area (Å²) in [5.41, 5.74) is 1.95. The van der Waals surface area contributed by atoms with Gasteiger partial charge in [-0.2, -0.15) is 0 Å².